The van der Waals surface area contributed by atoms with E-state index in [1.807, 2.05) is 18.2 Å². The first kappa shape index (κ1) is 25.1. The number of benzene rings is 2. The summed E-state index contributed by atoms with van der Waals surface area (Å²) in [7, 11) is 1.59. The molecule has 10 nitrogen and oxygen atoms in total. The zero-order valence-electron chi connectivity index (χ0n) is 21.0. The van der Waals surface area contributed by atoms with Crippen LogP contribution in [-0.2, 0) is 22.7 Å². The zero-order chi connectivity index (χ0) is 27.0. The predicted octanol–water partition coefficient (Wildman–Crippen LogP) is 2.95. The molecule has 0 aliphatic carbocycles. The number of aromatic nitrogens is 1. The highest BCUT2D eigenvalue weighted by Gasteiger charge is 2.45. The Morgan fingerprint density at radius 2 is 1.95 bits per heavy atom. The van der Waals surface area contributed by atoms with Crippen LogP contribution in [0.4, 0.5) is 4.79 Å². The number of rotatable bonds is 9. The smallest absolute Gasteiger partial charge is 0.335 e. The van der Waals surface area contributed by atoms with Gasteiger partial charge in [-0.1, -0.05) is 18.7 Å². The summed E-state index contributed by atoms with van der Waals surface area (Å²) in [4.78, 5) is 52.6. The first-order valence-electron chi connectivity index (χ1n) is 12.3. The molecule has 2 N–H and O–H groups in total. The third kappa shape index (κ3) is 4.38. The summed E-state index contributed by atoms with van der Waals surface area (Å²) in [6, 6.07) is 12.1. The van der Waals surface area contributed by atoms with Gasteiger partial charge in [0.05, 0.1) is 25.1 Å². The van der Waals surface area contributed by atoms with Crippen molar-refractivity contribution in [2.24, 2.45) is 0 Å². The molecule has 3 heterocycles. The lowest BCUT2D eigenvalue weighted by atomic mass is 9.88. The summed E-state index contributed by atoms with van der Waals surface area (Å²) >= 11 is 0. The Balaban J connectivity index is 1.51. The lowest BCUT2D eigenvalue weighted by Gasteiger charge is -2.42. The zero-order valence-corrected chi connectivity index (χ0v) is 21.0. The number of carboxylic acids is 1. The summed E-state index contributed by atoms with van der Waals surface area (Å²) in [5.74, 6) is -1.40. The highest BCUT2D eigenvalue weighted by molar-refractivity contribution is 6.04. The van der Waals surface area contributed by atoms with Gasteiger partial charge in [0, 0.05) is 42.8 Å². The fourth-order valence-corrected chi connectivity index (χ4v) is 5.30. The number of fused-ring (bicyclic) bond motifs is 6. The van der Waals surface area contributed by atoms with Crippen LogP contribution in [0.15, 0.2) is 55.1 Å². The minimum Gasteiger partial charge on any atom is -0.497 e. The van der Waals surface area contributed by atoms with Gasteiger partial charge in [-0.15, -0.1) is 0 Å². The van der Waals surface area contributed by atoms with Crippen LogP contribution >= 0.6 is 0 Å². The van der Waals surface area contributed by atoms with Gasteiger partial charge < -0.3 is 24.6 Å². The molecule has 2 aliphatic heterocycles. The molecule has 38 heavy (non-hydrogen) atoms. The number of imide groups is 1. The van der Waals surface area contributed by atoms with Crippen molar-refractivity contribution in [3.63, 3.8) is 0 Å². The van der Waals surface area contributed by atoms with Crippen LogP contribution in [0.2, 0.25) is 0 Å². The number of nitrogens with one attached hydrogen (secondary N) is 1. The number of hydrogen-bond acceptors (Lipinski definition) is 5. The van der Waals surface area contributed by atoms with E-state index in [1.165, 1.54) is 11.0 Å². The normalized spacial score (nSPS) is 16.4. The minimum absolute atomic E-state index is 0.204. The second-order valence-corrected chi connectivity index (χ2v) is 9.39. The van der Waals surface area contributed by atoms with E-state index < -0.39 is 11.9 Å². The topological polar surface area (TPSA) is 121 Å². The summed E-state index contributed by atoms with van der Waals surface area (Å²) in [6.07, 6.45) is 1.62. The number of ether oxygens (including phenoxy) is 1. The highest BCUT2D eigenvalue weighted by atomic mass is 16.5. The Bertz CT molecular complexity index is 1460. The van der Waals surface area contributed by atoms with Gasteiger partial charge in [0.1, 0.15) is 5.75 Å². The van der Waals surface area contributed by atoms with Crippen LogP contribution in [0.25, 0.3) is 10.9 Å². The molecule has 4 amide bonds. The van der Waals surface area contributed by atoms with Crippen molar-refractivity contribution < 1.29 is 29.0 Å². The Hall–Kier alpha value is -4.60. The maximum atomic E-state index is 13.6. The predicted molar refractivity (Wildman–Crippen MR) is 139 cm³/mol. The summed E-state index contributed by atoms with van der Waals surface area (Å²) in [5.41, 5.74) is 3.79. The fourth-order valence-electron chi connectivity index (χ4n) is 5.30. The molecule has 2 aromatic carbocycles. The largest absolute Gasteiger partial charge is 0.497 e. The van der Waals surface area contributed by atoms with E-state index in [0.29, 0.717) is 38.3 Å². The molecule has 1 atom stereocenters. The number of methoxy groups -OCH3 is 1. The Morgan fingerprint density at radius 1 is 1.18 bits per heavy atom. The summed E-state index contributed by atoms with van der Waals surface area (Å²) in [6.45, 7) is 5.04. The molecule has 196 valence electrons. The van der Waals surface area contributed by atoms with Crippen molar-refractivity contribution in [2.75, 3.05) is 26.7 Å². The van der Waals surface area contributed by atoms with Crippen LogP contribution in [0.5, 0.6) is 5.75 Å². The van der Waals surface area contributed by atoms with Gasteiger partial charge in [-0.25, -0.2) is 9.59 Å². The van der Waals surface area contributed by atoms with Crippen molar-refractivity contribution in [2.45, 2.75) is 25.4 Å². The van der Waals surface area contributed by atoms with Crippen LogP contribution in [0.1, 0.15) is 39.5 Å². The van der Waals surface area contributed by atoms with E-state index in [2.05, 4.69) is 16.5 Å². The van der Waals surface area contributed by atoms with E-state index in [4.69, 9.17) is 4.74 Å². The Labute approximate surface area is 219 Å². The van der Waals surface area contributed by atoms with E-state index >= 15 is 0 Å². The molecule has 0 saturated carbocycles. The molecular formula is C28H28N4O6. The molecule has 2 bridgehead atoms. The van der Waals surface area contributed by atoms with Crippen molar-refractivity contribution in [3.05, 3.63) is 77.5 Å². The lowest BCUT2D eigenvalue weighted by Crippen LogP contribution is -2.58. The first-order valence-corrected chi connectivity index (χ1v) is 12.3. The van der Waals surface area contributed by atoms with Gasteiger partial charge in [-0.3, -0.25) is 14.5 Å². The van der Waals surface area contributed by atoms with Crippen LogP contribution in [0.3, 0.4) is 0 Å². The number of aromatic carboxylic acids is 1. The van der Waals surface area contributed by atoms with Gasteiger partial charge in [-0.05, 0) is 54.0 Å². The molecule has 1 saturated heterocycles. The van der Waals surface area contributed by atoms with Crippen LogP contribution in [-0.4, -0.2) is 70.0 Å². The average molecular weight is 517 g/mol. The second kappa shape index (κ2) is 10.0. The van der Waals surface area contributed by atoms with Gasteiger partial charge in [-0.2, -0.15) is 0 Å². The molecule has 0 radical (unpaired) electrons. The lowest BCUT2D eigenvalue weighted by molar-refractivity contribution is -0.133. The van der Waals surface area contributed by atoms with E-state index in [9.17, 15) is 24.3 Å². The Kier molecular flexibility index (Phi) is 6.62. The highest BCUT2D eigenvalue weighted by Crippen LogP contribution is 2.42. The van der Waals surface area contributed by atoms with Crippen LogP contribution < -0.4 is 10.1 Å². The quantitative estimate of drug-likeness (QED) is 0.333. The number of nitrogens with zero attached hydrogens (tertiary/aromatic N) is 3. The van der Waals surface area contributed by atoms with E-state index in [-0.39, 0.29) is 30.0 Å². The number of hydrogen-bond donors (Lipinski definition) is 2. The van der Waals surface area contributed by atoms with Gasteiger partial charge >= 0.3 is 12.0 Å². The Morgan fingerprint density at radius 3 is 2.63 bits per heavy atom. The molecule has 3 aromatic rings. The van der Waals surface area contributed by atoms with Crippen LogP contribution in [0, 0.1) is 0 Å². The SMILES string of the molecule is C=CC(=O)NCCCN1C(=O)C2CN(Cc3c2c2cc(OC)ccc2n3Cc2ccc(C(=O)O)cc2)C1=O. The van der Waals surface area contributed by atoms with E-state index in [0.717, 1.165) is 27.7 Å². The van der Waals surface area contributed by atoms with Gasteiger partial charge in [0.2, 0.25) is 11.8 Å². The molecule has 2 aliphatic rings. The van der Waals surface area contributed by atoms with Gasteiger partial charge in [0.15, 0.2) is 0 Å². The number of carbonyl (C=O) groups excluding carboxylic acids is 3. The average Bonchev–Trinajstić information content (AvgIpc) is 3.23. The van der Waals surface area contributed by atoms with Gasteiger partial charge in [0.25, 0.3) is 0 Å². The molecule has 1 fully saturated rings. The summed E-state index contributed by atoms with van der Waals surface area (Å²) in [5, 5.41) is 12.8. The third-order valence-electron chi connectivity index (χ3n) is 7.16. The van der Waals surface area contributed by atoms with Crippen molar-refractivity contribution in [1.29, 1.82) is 0 Å². The van der Waals surface area contributed by atoms with Crippen molar-refractivity contribution in [3.8, 4) is 5.75 Å². The molecule has 5 rings (SSSR count). The molecule has 1 unspecified atom stereocenters. The molecule has 1 aromatic heterocycles. The minimum atomic E-state index is -0.988. The number of amides is 4. The van der Waals surface area contributed by atoms with E-state index in [1.54, 1.807) is 36.3 Å². The number of urea groups is 1. The van der Waals surface area contributed by atoms with Crippen molar-refractivity contribution >= 4 is 34.7 Å². The number of carboxylic acid groups (broad SMARTS) is 1. The van der Waals surface area contributed by atoms with Crippen molar-refractivity contribution in [1.82, 2.24) is 19.7 Å². The monoisotopic (exact) mass is 516 g/mol. The number of carbonyl (C=O) groups is 4. The molecular weight excluding hydrogens is 488 g/mol. The maximum Gasteiger partial charge on any atom is 0.335 e. The second-order valence-electron chi connectivity index (χ2n) is 9.39. The standard InChI is InChI=1S/C28H28N4O6/c1-3-24(33)29-11-4-12-31-26(34)21-15-30(28(31)37)16-23-25(21)20-13-19(38-2)9-10-22(20)32(23)14-17-5-7-18(8-6-17)27(35)36/h3,5-10,13,21H,1,4,11-12,14-16H2,2H3,(H,29,33)(H,35,36). The first-order chi connectivity index (χ1) is 18.3. The fraction of sp³-hybridized carbons (Fsp3) is 0.286. The third-order valence-corrected chi connectivity index (χ3v) is 7.16. The molecule has 0 spiro atoms. The maximum absolute atomic E-state index is 13.6. The summed E-state index contributed by atoms with van der Waals surface area (Å²) < 4.78 is 7.57. The molecule has 10 heteroatoms.